The number of carbonyl (C=O) groups is 1. The topological polar surface area (TPSA) is 46.3 Å². The molecule has 1 fully saturated rings. The maximum atomic E-state index is 12.4. The van der Waals surface area contributed by atoms with Gasteiger partial charge >= 0.3 is 0 Å². The zero-order chi connectivity index (χ0) is 12.8. The van der Waals surface area contributed by atoms with Gasteiger partial charge in [0, 0.05) is 12.6 Å². The molecular formula is C14H28N2O. The lowest BCUT2D eigenvalue weighted by Crippen LogP contribution is -2.52. The maximum Gasteiger partial charge on any atom is 0.240 e. The van der Waals surface area contributed by atoms with E-state index in [0.717, 1.165) is 38.6 Å². The normalized spacial score (nSPS) is 24.5. The van der Waals surface area contributed by atoms with Crippen molar-refractivity contribution in [2.75, 3.05) is 6.54 Å². The van der Waals surface area contributed by atoms with Crippen molar-refractivity contribution >= 4 is 5.91 Å². The van der Waals surface area contributed by atoms with Crippen molar-refractivity contribution in [1.29, 1.82) is 0 Å². The number of piperidine rings is 1. The van der Waals surface area contributed by atoms with Crippen LogP contribution in [0.3, 0.4) is 0 Å². The van der Waals surface area contributed by atoms with Crippen molar-refractivity contribution in [3.63, 3.8) is 0 Å². The minimum absolute atomic E-state index is 0.178. The lowest BCUT2D eigenvalue weighted by atomic mass is 9.94. The molecule has 1 saturated heterocycles. The molecule has 0 aromatic carbocycles. The molecule has 0 radical (unpaired) electrons. The quantitative estimate of drug-likeness (QED) is 0.802. The molecule has 1 amide bonds. The van der Waals surface area contributed by atoms with Crippen molar-refractivity contribution in [3.8, 4) is 0 Å². The van der Waals surface area contributed by atoms with Gasteiger partial charge in [0.15, 0.2) is 0 Å². The van der Waals surface area contributed by atoms with Gasteiger partial charge in [0.25, 0.3) is 0 Å². The Bertz CT molecular complexity index is 240. The molecule has 1 aliphatic rings. The second-order valence-electron chi connectivity index (χ2n) is 5.38. The summed E-state index contributed by atoms with van der Waals surface area (Å²) in [7, 11) is 0. The standard InChI is InChI=1S/C14H28N2O/c1-4-8-12-9-6-7-10-16(12)14(17)13(15)11(3)5-2/h11-13H,4-10,15H2,1-3H3. The first-order valence-electron chi connectivity index (χ1n) is 7.17. The van der Waals surface area contributed by atoms with Crippen LogP contribution in [-0.2, 0) is 4.79 Å². The smallest absolute Gasteiger partial charge is 0.240 e. The number of hydrogen-bond acceptors (Lipinski definition) is 2. The van der Waals surface area contributed by atoms with Gasteiger partial charge in [-0.25, -0.2) is 0 Å². The number of hydrogen-bond donors (Lipinski definition) is 1. The van der Waals surface area contributed by atoms with E-state index in [9.17, 15) is 4.79 Å². The average Bonchev–Trinajstić information content (AvgIpc) is 2.37. The van der Waals surface area contributed by atoms with Crippen LogP contribution in [-0.4, -0.2) is 29.4 Å². The van der Waals surface area contributed by atoms with Crippen LogP contribution in [0, 0.1) is 5.92 Å². The fourth-order valence-corrected chi connectivity index (χ4v) is 2.61. The molecule has 0 saturated carbocycles. The summed E-state index contributed by atoms with van der Waals surface area (Å²) >= 11 is 0. The van der Waals surface area contributed by atoms with Gasteiger partial charge in [-0.2, -0.15) is 0 Å². The molecule has 0 bridgehead atoms. The Kier molecular flexibility index (Phi) is 5.96. The van der Waals surface area contributed by atoms with Gasteiger partial charge < -0.3 is 10.6 Å². The van der Waals surface area contributed by atoms with Crippen LogP contribution < -0.4 is 5.73 Å². The first kappa shape index (κ1) is 14.5. The van der Waals surface area contributed by atoms with Crippen molar-refractivity contribution in [3.05, 3.63) is 0 Å². The molecule has 0 aliphatic carbocycles. The summed E-state index contributed by atoms with van der Waals surface area (Å²) in [5, 5.41) is 0. The summed E-state index contributed by atoms with van der Waals surface area (Å²) in [6.45, 7) is 7.26. The third-order valence-corrected chi connectivity index (χ3v) is 4.07. The number of carbonyl (C=O) groups excluding carboxylic acids is 1. The monoisotopic (exact) mass is 240 g/mol. The third-order valence-electron chi connectivity index (χ3n) is 4.07. The van der Waals surface area contributed by atoms with Gasteiger partial charge in [-0.3, -0.25) is 4.79 Å². The summed E-state index contributed by atoms with van der Waals surface area (Å²) in [6.07, 6.45) is 6.80. The molecule has 3 nitrogen and oxygen atoms in total. The van der Waals surface area contributed by atoms with E-state index in [1.165, 1.54) is 6.42 Å². The van der Waals surface area contributed by atoms with Gasteiger partial charge in [0.2, 0.25) is 5.91 Å². The number of likely N-dealkylation sites (tertiary alicyclic amines) is 1. The van der Waals surface area contributed by atoms with Gasteiger partial charge in [-0.05, 0) is 31.6 Å². The lowest BCUT2D eigenvalue weighted by molar-refractivity contribution is -0.137. The Hall–Kier alpha value is -0.570. The Balaban J connectivity index is 2.64. The molecule has 1 aliphatic heterocycles. The lowest BCUT2D eigenvalue weighted by Gasteiger charge is -2.38. The predicted octanol–water partition coefficient (Wildman–Crippen LogP) is 2.54. The molecule has 3 unspecified atom stereocenters. The van der Waals surface area contributed by atoms with Crippen molar-refractivity contribution in [2.45, 2.75) is 71.4 Å². The Morgan fingerprint density at radius 2 is 2.12 bits per heavy atom. The van der Waals surface area contributed by atoms with E-state index in [4.69, 9.17) is 5.73 Å². The molecule has 3 atom stereocenters. The maximum absolute atomic E-state index is 12.4. The summed E-state index contributed by atoms with van der Waals surface area (Å²) < 4.78 is 0. The molecule has 1 heterocycles. The van der Waals surface area contributed by atoms with Crippen molar-refractivity contribution < 1.29 is 4.79 Å². The molecular weight excluding hydrogens is 212 g/mol. The second-order valence-corrected chi connectivity index (χ2v) is 5.38. The van der Waals surface area contributed by atoms with E-state index in [-0.39, 0.29) is 17.9 Å². The van der Waals surface area contributed by atoms with Gasteiger partial charge in [0.1, 0.15) is 0 Å². The highest BCUT2D eigenvalue weighted by molar-refractivity contribution is 5.82. The SMILES string of the molecule is CCCC1CCCCN1C(=O)C(N)C(C)CC. The molecule has 0 aromatic rings. The van der Waals surface area contributed by atoms with Crippen molar-refractivity contribution in [1.82, 2.24) is 4.90 Å². The minimum atomic E-state index is -0.308. The largest absolute Gasteiger partial charge is 0.338 e. The number of amides is 1. The molecule has 17 heavy (non-hydrogen) atoms. The van der Waals surface area contributed by atoms with Crippen LogP contribution >= 0.6 is 0 Å². The van der Waals surface area contributed by atoms with Crippen LogP contribution in [0.15, 0.2) is 0 Å². The van der Waals surface area contributed by atoms with Crippen LogP contribution in [0.2, 0.25) is 0 Å². The molecule has 0 aromatic heterocycles. The molecule has 100 valence electrons. The van der Waals surface area contributed by atoms with E-state index in [1.807, 2.05) is 0 Å². The highest BCUT2D eigenvalue weighted by Crippen LogP contribution is 2.22. The first-order valence-corrected chi connectivity index (χ1v) is 7.17. The van der Waals surface area contributed by atoms with E-state index in [1.54, 1.807) is 0 Å². The summed E-state index contributed by atoms with van der Waals surface area (Å²) in [5.41, 5.74) is 6.07. The average molecular weight is 240 g/mol. The fraction of sp³-hybridized carbons (Fsp3) is 0.929. The van der Waals surface area contributed by atoms with E-state index < -0.39 is 0 Å². The highest BCUT2D eigenvalue weighted by Gasteiger charge is 2.31. The Morgan fingerprint density at radius 1 is 1.41 bits per heavy atom. The second kappa shape index (κ2) is 7.00. The Morgan fingerprint density at radius 3 is 2.71 bits per heavy atom. The van der Waals surface area contributed by atoms with E-state index >= 15 is 0 Å². The van der Waals surface area contributed by atoms with E-state index in [0.29, 0.717) is 6.04 Å². The van der Waals surface area contributed by atoms with Crippen LogP contribution in [0.5, 0.6) is 0 Å². The van der Waals surface area contributed by atoms with E-state index in [2.05, 4.69) is 25.7 Å². The Labute approximate surface area is 106 Å². The van der Waals surface area contributed by atoms with Gasteiger partial charge in [0.05, 0.1) is 6.04 Å². The minimum Gasteiger partial charge on any atom is -0.338 e. The molecule has 3 heteroatoms. The van der Waals surface area contributed by atoms with Crippen LogP contribution in [0.1, 0.15) is 59.3 Å². The van der Waals surface area contributed by atoms with Gasteiger partial charge in [-0.1, -0.05) is 33.6 Å². The number of rotatable bonds is 5. The molecule has 0 spiro atoms. The third kappa shape index (κ3) is 3.70. The highest BCUT2D eigenvalue weighted by atomic mass is 16.2. The van der Waals surface area contributed by atoms with Crippen LogP contribution in [0.4, 0.5) is 0 Å². The van der Waals surface area contributed by atoms with Crippen molar-refractivity contribution in [2.24, 2.45) is 11.7 Å². The predicted molar refractivity (Wildman–Crippen MR) is 71.7 cm³/mol. The summed E-state index contributed by atoms with van der Waals surface area (Å²) in [5.74, 6) is 0.462. The zero-order valence-corrected chi connectivity index (χ0v) is 11.6. The molecule has 1 rings (SSSR count). The summed E-state index contributed by atoms with van der Waals surface area (Å²) in [6, 6.07) is 0.133. The number of nitrogens with zero attached hydrogens (tertiary/aromatic N) is 1. The summed E-state index contributed by atoms with van der Waals surface area (Å²) in [4.78, 5) is 14.4. The van der Waals surface area contributed by atoms with Gasteiger partial charge in [-0.15, -0.1) is 0 Å². The fourth-order valence-electron chi connectivity index (χ4n) is 2.61. The molecule has 2 N–H and O–H groups in total. The first-order chi connectivity index (χ1) is 8.11. The zero-order valence-electron chi connectivity index (χ0n) is 11.6. The van der Waals surface area contributed by atoms with Crippen LogP contribution in [0.25, 0.3) is 0 Å². The number of nitrogens with two attached hydrogens (primary N) is 1.